The molecule has 0 aliphatic carbocycles. The van der Waals surface area contributed by atoms with Gasteiger partial charge < -0.3 is 41.7 Å². The molecule has 40 heavy (non-hydrogen) atoms. The predicted octanol–water partition coefficient (Wildman–Crippen LogP) is 1.89. The molecule has 9 heteroatoms. The summed E-state index contributed by atoms with van der Waals surface area (Å²) in [5, 5.41) is 55.0. The Morgan fingerprint density at radius 2 is 2.00 bits per heavy atom. The summed E-state index contributed by atoms with van der Waals surface area (Å²) in [4.78, 5) is 11.6. The van der Waals surface area contributed by atoms with Crippen LogP contribution in [0, 0.1) is 17.8 Å². The summed E-state index contributed by atoms with van der Waals surface area (Å²) < 4.78 is 0. The number of carbonyl (C=O) groups is 1. The monoisotopic (exact) mass is 564 g/mol. The zero-order valence-electron chi connectivity index (χ0n) is 25.1. The maximum atomic E-state index is 11.6. The Hall–Kier alpha value is -1.25. The van der Waals surface area contributed by atoms with Crippen molar-refractivity contribution >= 4 is 5.97 Å². The van der Waals surface area contributed by atoms with Gasteiger partial charge in [-0.2, -0.15) is 0 Å². The third-order valence-electron chi connectivity index (χ3n) is 9.25. The third-order valence-corrected chi connectivity index (χ3v) is 9.25. The number of aliphatic carboxylic acids is 1. The summed E-state index contributed by atoms with van der Waals surface area (Å²) in [6.07, 6.45) is 9.30. The molecule has 0 aromatic heterocycles. The second kappa shape index (κ2) is 15.8. The number of fused-ring (bicyclic) bond motifs is 2. The Labute approximate surface area is 241 Å². The highest BCUT2D eigenvalue weighted by Gasteiger charge is 2.36. The number of carboxylic acids is 1. The fourth-order valence-electron chi connectivity index (χ4n) is 6.69. The Balaban J connectivity index is 1.66. The number of hydrogen-bond donors (Lipinski definition) is 8. The van der Waals surface area contributed by atoms with Crippen molar-refractivity contribution in [2.45, 2.75) is 152 Å². The van der Waals surface area contributed by atoms with Gasteiger partial charge in [-0.05, 0) is 85.1 Å². The molecule has 3 aliphatic rings. The van der Waals surface area contributed by atoms with Crippen molar-refractivity contribution in [3.05, 3.63) is 0 Å². The molecule has 3 rings (SSSR count). The maximum Gasteiger partial charge on any atom is 0.306 e. The van der Waals surface area contributed by atoms with E-state index in [1.165, 1.54) is 0 Å². The van der Waals surface area contributed by atoms with Gasteiger partial charge in [0, 0.05) is 55.1 Å². The quantitative estimate of drug-likeness (QED) is 0.186. The molecule has 9 unspecified atom stereocenters. The molecule has 3 heterocycles. The lowest BCUT2D eigenvalue weighted by molar-refractivity contribution is -0.143. The minimum absolute atomic E-state index is 0.0897. The first-order valence-corrected chi connectivity index (χ1v) is 15.7. The average Bonchev–Trinajstić information content (AvgIpc) is 2.88. The third kappa shape index (κ3) is 11.6. The highest BCUT2D eigenvalue weighted by molar-refractivity contribution is 5.68. The molecular formula is C31H56N4O5. The van der Waals surface area contributed by atoms with E-state index >= 15 is 0 Å². The molecule has 2 saturated heterocycles. The average molecular weight is 565 g/mol. The van der Waals surface area contributed by atoms with Crippen LogP contribution < -0.4 is 21.3 Å². The SMILES string of the molecule is CC(O)CNC(CCC1C#CCC2CC(C)(CCN2)NCC(O)(CC(=O)O)CCCC1)CC1CCC(O)C(C)N1. The van der Waals surface area contributed by atoms with Crippen molar-refractivity contribution in [2.24, 2.45) is 5.92 Å². The van der Waals surface area contributed by atoms with Crippen molar-refractivity contribution in [3.8, 4) is 11.8 Å². The van der Waals surface area contributed by atoms with Gasteiger partial charge in [0.05, 0.1) is 24.2 Å². The molecule has 0 spiro atoms. The van der Waals surface area contributed by atoms with Crippen LogP contribution >= 0.6 is 0 Å². The topological polar surface area (TPSA) is 146 Å². The van der Waals surface area contributed by atoms with E-state index in [0.717, 1.165) is 77.2 Å². The van der Waals surface area contributed by atoms with Crippen LogP contribution in [0.15, 0.2) is 0 Å². The first-order valence-electron chi connectivity index (χ1n) is 15.7. The van der Waals surface area contributed by atoms with Crippen LogP contribution in [0.4, 0.5) is 0 Å². The lowest BCUT2D eigenvalue weighted by Crippen LogP contribution is -2.57. The molecule has 2 fully saturated rings. The molecule has 2 bridgehead atoms. The molecular weight excluding hydrogens is 508 g/mol. The molecule has 9 atom stereocenters. The number of nitrogens with one attached hydrogen (secondary N) is 4. The zero-order valence-corrected chi connectivity index (χ0v) is 25.1. The van der Waals surface area contributed by atoms with E-state index in [2.05, 4.69) is 40.0 Å². The number of carboxylic acid groups (broad SMARTS) is 1. The highest BCUT2D eigenvalue weighted by Crippen LogP contribution is 2.28. The summed E-state index contributed by atoms with van der Waals surface area (Å²) in [5.41, 5.74) is -1.41. The molecule has 0 amide bonds. The van der Waals surface area contributed by atoms with Crippen molar-refractivity contribution in [2.75, 3.05) is 19.6 Å². The van der Waals surface area contributed by atoms with Gasteiger partial charge in [-0.3, -0.25) is 4.79 Å². The molecule has 8 N–H and O–H groups in total. The molecule has 3 aliphatic heterocycles. The summed E-state index contributed by atoms with van der Waals surface area (Å²) in [7, 11) is 0. The van der Waals surface area contributed by atoms with Crippen LogP contribution in [-0.2, 0) is 4.79 Å². The van der Waals surface area contributed by atoms with Crippen molar-refractivity contribution in [3.63, 3.8) is 0 Å². The Kier molecular flexibility index (Phi) is 13.2. The zero-order chi connectivity index (χ0) is 29.2. The van der Waals surface area contributed by atoms with E-state index in [-0.39, 0.29) is 42.1 Å². The van der Waals surface area contributed by atoms with E-state index in [9.17, 15) is 25.2 Å². The molecule has 0 saturated carbocycles. The molecule has 0 aromatic carbocycles. The van der Waals surface area contributed by atoms with Crippen LogP contribution in [0.5, 0.6) is 0 Å². The lowest BCUT2D eigenvalue weighted by Gasteiger charge is -2.41. The smallest absolute Gasteiger partial charge is 0.306 e. The summed E-state index contributed by atoms with van der Waals surface area (Å²) in [6, 6.07) is 0.945. The van der Waals surface area contributed by atoms with Crippen LogP contribution in [0.3, 0.4) is 0 Å². The molecule has 9 nitrogen and oxygen atoms in total. The van der Waals surface area contributed by atoms with Crippen LogP contribution in [0.2, 0.25) is 0 Å². The van der Waals surface area contributed by atoms with E-state index in [1.54, 1.807) is 6.92 Å². The van der Waals surface area contributed by atoms with Gasteiger partial charge >= 0.3 is 5.97 Å². The largest absolute Gasteiger partial charge is 0.481 e. The van der Waals surface area contributed by atoms with E-state index in [1.807, 2.05) is 6.92 Å². The molecule has 0 radical (unpaired) electrons. The highest BCUT2D eigenvalue weighted by atomic mass is 16.4. The van der Waals surface area contributed by atoms with Crippen LogP contribution in [0.25, 0.3) is 0 Å². The molecule has 230 valence electrons. The summed E-state index contributed by atoms with van der Waals surface area (Å²) in [5.74, 6) is 6.36. The van der Waals surface area contributed by atoms with Gasteiger partial charge in [0.15, 0.2) is 0 Å². The van der Waals surface area contributed by atoms with Gasteiger partial charge in [0.25, 0.3) is 0 Å². The minimum Gasteiger partial charge on any atom is -0.481 e. The van der Waals surface area contributed by atoms with Gasteiger partial charge in [0.2, 0.25) is 0 Å². The number of hydrogen-bond acceptors (Lipinski definition) is 8. The Morgan fingerprint density at radius 3 is 2.73 bits per heavy atom. The lowest BCUT2D eigenvalue weighted by atomic mass is 9.82. The number of aliphatic hydroxyl groups excluding tert-OH is 2. The first kappa shape index (κ1) is 33.3. The second-order valence-electron chi connectivity index (χ2n) is 13.3. The number of rotatable bonds is 10. The van der Waals surface area contributed by atoms with Crippen LogP contribution in [0.1, 0.15) is 104 Å². The minimum atomic E-state index is -1.26. The van der Waals surface area contributed by atoms with E-state index in [4.69, 9.17) is 0 Å². The number of β-amino-alcohol motifs (C(OH)–C–C–N with tert-alkyl or cyclic N) is 1. The number of piperidine rings is 2. The van der Waals surface area contributed by atoms with E-state index < -0.39 is 17.7 Å². The Bertz CT molecular complexity index is 847. The summed E-state index contributed by atoms with van der Waals surface area (Å²) in [6.45, 7) is 7.73. The van der Waals surface area contributed by atoms with E-state index in [0.29, 0.717) is 25.6 Å². The van der Waals surface area contributed by atoms with Crippen LogP contribution in [-0.4, -0.2) is 93.5 Å². The van der Waals surface area contributed by atoms with Crippen molar-refractivity contribution < 1.29 is 25.2 Å². The molecule has 0 aromatic rings. The van der Waals surface area contributed by atoms with Gasteiger partial charge in [-0.25, -0.2) is 0 Å². The normalized spacial score (nSPS) is 37.4. The fourth-order valence-corrected chi connectivity index (χ4v) is 6.69. The maximum absolute atomic E-state index is 11.6. The Morgan fingerprint density at radius 1 is 1.20 bits per heavy atom. The van der Waals surface area contributed by atoms with Crippen molar-refractivity contribution in [1.82, 2.24) is 21.3 Å². The summed E-state index contributed by atoms with van der Waals surface area (Å²) >= 11 is 0. The van der Waals surface area contributed by atoms with Gasteiger partial charge in [0.1, 0.15) is 0 Å². The van der Waals surface area contributed by atoms with Gasteiger partial charge in [-0.1, -0.05) is 18.8 Å². The number of aliphatic hydroxyl groups is 3. The standard InChI is InChI=1S/C31H56N4O5/c1-22(36)20-33-25(17-26-12-13-28(37)23(2)35-26)11-10-24-7-4-5-14-31(40,19-29(38)39)21-34-30(3)15-16-32-27(18-30)9-6-8-24/h22-28,32-37,40H,4-5,7,9-21H2,1-3H3,(H,38,39). The fraction of sp³-hybridized carbons (Fsp3) is 0.903. The second-order valence-corrected chi connectivity index (χ2v) is 13.3. The van der Waals surface area contributed by atoms with Gasteiger partial charge in [-0.15, -0.1) is 5.92 Å². The first-order chi connectivity index (χ1) is 19.0. The van der Waals surface area contributed by atoms with Crippen molar-refractivity contribution in [1.29, 1.82) is 0 Å². The predicted molar refractivity (Wildman–Crippen MR) is 158 cm³/mol.